The molecule has 11 heteroatoms. The van der Waals surface area contributed by atoms with Crippen molar-refractivity contribution in [3.05, 3.63) is 94.8 Å². The molecule has 0 aliphatic carbocycles. The number of sulfonamides is 1. The molecule has 0 saturated carbocycles. The Labute approximate surface area is 246 Å². The zero-order chi connectivity index (χ0) is 30.2. The summed E-state index contributed by atoms with van der Waals surface area (Å²) in [4.78, 5) is 29.0. The zero-order valence-corrected chi connectivity index (χ0v) is 25.1. The molecule has 0 spiro atoms. The van der Waals surface area contributed by atoms with Gasteiger partial charge in [0.05, 0.1) is 24.1 Å². The van der Waals surface area contributed by atoms with Crippen LogP contribution in [0.2, 0.25) is 5.02 Å². The Morgan fingerprint density at radius 3 is 2.22 bits per heavy atom. The fourth-order valence-corrected chi connectivity index (χ4v) is 5.28. The molecule has 3 rings (SSSR count). The summed E-state index contributed by atoms with van der Waals surface area (Å²) < 4.78 is 45.5. The van der Waals surface area contributed by atoms with Gasteiger partial charge in [0, 0.05) is 19.5 Å². The number of amides is 2. The van der Waals surface area contributed by atoms with E-state index in [9.17, 15) is 22.4 Å². The number of carbonyl (C=O) groups excluding carboxylic acids is 2. The molecule has 220 valence electrons. The van der Waals surface area contributed by atoms with Gasteiger partial charge < -0.3 is 15.0 Å². The summed E-state index contributed by atoms with van der Waals surface area (Å²) in [5.74, 6) is -0.929. The molecule has 0 saturated heterocycles. The van der Waals surface area contributed by atoms with Crippen molar-refractivity contribution in [1.29, 1.82) is 0 Å². The first-order valence-corrected chi connectivity index (χ1v) is 15.3. The molecule has 41 heavy (non-hydrogen) atoms. The van der Waals surface area contributed by atoms with Crippen molar-refractivity contribution < 1.29 is 27.1 Å². The van der Waals surface area contributed by atoms with E-state index in [-0.39, 0.29) is 35.5 Å². The van der Waals surface area contributed by atoms with Crippen LogP contribution in [0.5, 0.6) is 5.75 Å². The van der Waals surface area contributed by atoms with Gasteiger partial charge in [0.2, 0.25) is 21.8 Å². The van der Waals surface area contributed by atoms with Crippen molar-refractivity contribution in [2.75, 3.05) is 30.8 Å². The number of nitrogens with one attached hydrogen (secondary N) is 1. The first-order valence-electron chi connectivity index (χ1n) is 13.1. The summed E-state index contributed by atoms with van der Waals surface area (Å²) in [6, 6.07) is 18.2. The van der Waals surface area contributed by atoms with Crippen molar-refractivity contribution in [3.63, 3.8) is 0 Å². The van der Waals surface area contributed by atoms with Gasteiger partial charge in [0.15, 0.2) is 0 Å². The highest BCUT2D eigenvalue weighted by molar-refractivity contribution is 7.92. The molecule has 8 nitrogen and oxygen atoms in total. The maximum absolute atomic E-state index is 14.0. The lowest BCUT2D eigenvalue weighted by Crippen LogP contribution is -2.53. The Bertz CT molecular complexity index is 1440. The van der Waals surface area contributed by atoms with Crippen LogP contribution in [0.15, 0.2) is 72.8 Å². The number of rotatable bonds is 13. The fourth-order valence-electron chi connectivity index (χ4n) is 4.19. The van der Waals surface area contributed by atoms with Gasteiger partial charge in [-0.25, -0.2) is 12.8 Å². The fraction of sp³-hybridized carbons (Fsp3) is 0.333. The number of halogens is 2. The summed E-state index contributed by atoms with van der Waals surface area (Å²) in [6.07, 6.45) is 1.17. The van der Waals surface area contributed by atoms with Crippen LogP contribution >= 0.6 is 11.6 Å². The highest BCUT2D eigenvalue weighted by Gasteiger charge is 2.33. The van der Waals surface area contributed by atoms with E-state index in [1.165, 1.54) is 54.5 Å². The van der Waals surface area contributed by atoms with E-state index in [4.69, 9.17) is 16.3 Å². The van der Waals surface area contributed by atoms with Crippen LogP contribution in [0.3, 0.4) is 0 Å². The monoisotopic (exact) mass is 603 g/mol. The smallest absolute Gasteiger partial charge is 0.244 e. The van der Waals surface area contributed by atoms with Crippen molar-refractivity contribution in [2.24, 2.45) is 5.92 Å². The number of nitrogens with zero attached hydrogens (tertiary/aromatic N) is 2. The number of anilines is 1. The van der Waals surface area contributed by atoms with Crippen LogP contribution in [0.4, 0.5) is 10.1 Å². The summed E-state index contributed by atoms with van der Waals surface area (Å²) in [6.45, 7) is 3.66. The van der Waals surface area contributed by atoms with Gasteiger partial charge >= 0.3 is 0 Å². The van der Waals surface area contributed by atoms with E-state index >= 15 is 0 Å². The molecule has 0 bridgehead atoms. The molecule has 1 N–H and O–H groups in total. The number of hydrogen-bond donors (Lipinski definition) is 1. The van der Waals surface area contributed by atoms with Crippen LogP contribution in [-0.2, 0) is 32.6 Å². The topological polar surface area (TPSA) is 96.0 Å². The Morgan fingerprint density at radius 1 is 1.00 bits per heavy atom. The van der Waals surface area contributed by atoms with E-state index < -0.39 is 34.3 Å². The molecule has 0 unspecified atom stereocenters. The maximum Gasteiger partial charge on any atom is 0.244 e. The minimum Gasteiger partial charge on any atom is -0.495 e. The summed E-state index contributed by atoms with van der Waals surface area (Å²) in [5.41, 5.74) is 1.56. The molecular formula is C30H35ClFN3O5S. The lowest BCUT2D eigenvalue weighted by Gasteiger charge is -2.33. The SMILES string of the molecule is COc1ccc(N(CC(=O)N(Cc2ccc(F)cc2)[C@H](Cc2ccccc2)C(=O)NCC(C)C)S(C)(=O)=O)cc1Cl. The van der Waals surface area contributed by atoms with Crippen LogP contribution in [-0.4, -0.2) is 57.6 Å². The van der Waals surface area contributed by atoms with E-state index in [0.717, 1.165) is 16.1 Å². The average molecular weight is 604 g/mol. The Hall–Kier alpha value is -3.63. The van der Waals surface area contributed by atoms with Crippen molar-refractivity contribution >= 4 is 39.1 Å². The molecule has 3 aromatic rings. The lowest BCUT2D eigenvalue weighted by atomic mass is 10.0. The van der Waals surface area contributed by atoms with Crippen molar-refractivity contribution in [3.8, 4) is 5.75 Å². The summed E-state index contributed by atoms with van der Waals surface area (Å²) >= 11 is 6.26. The second-order valence-corrected chi connectivity index (χ2v) is 12.4. The van der Waals surface area contributed by atoms with Crippen molar-refractivity contribution in [1.82, 2.24) is 10.2 Å². The maximum atomic E-state index is 14.0. The van der Waals surface area contributed by atoms with E-state index in [0.29, 0.717) is 17.9 Å². The Morgan fingerprint density at radius 2 is 1.66 bits per heavy atom. The van der Waals surface area contributed by atoms with Crippen molar-refractivity contribution in [2.45, 2.75) is 32.9 Å². The number of methoxy groups -OCH3 is 1. The second kappa shape index (κ2) is 14.3. The molecular weight excluding hydrogens is 569 g/mol. The molecule has 0 aliphatic heterocycles. The minimum atomic E-state index is -3.95. The highest BCUT2D eigenvalue weighted by atomic mass is 35.5. The normalized spacial score (nSPS) is 12.1. The number of carbonyl (C=O) groups is 2. The quantitative estimate of drug-likeness (QED) is 0.306. The standard InChI is InChI=1S/C30H35ClFN3O5S/c1-21(2)18-33-30(37)27(16-22-8-6-5-7-9-22)34(19-23-10-12-24(32)13-11-23)29(36)20-35(41(4,38)39)25-14-15-28(40-3)26(31)17-25/h5-15,17,21,27H,16,18-20H2,1-4H3,(H,33,37)/t27-/m1/s1. The van der Waals surface area contributed by atoms with E-state index in [1.54, 1.807) is 0 Å². The van der Waals surface area contributed by atoms with Gasteiger partial charge in [-0.1, -0.05) is 67.9 Å². The first-order chi connectivity index (χ1) is 19.4. The molecule has 3 aromatic carbocycles. The highest BCUT2D eigenvalue weighted by Crippen LogP contribution is 2.30. The zero-order valence-electron chi connectivity index (χ0n) is 23.5. The second-order valence-electron chi connectivity index (χ2n) is 10.1. The Balaban J connectivity index is 2.05. The third-order valence-electron chi connectivity index (χ3n) is 6.32. The predicted octanol–water partition coefficient (Wildman–Crippen LogP) is 4.67. The molecule has 0 aromatic heterocycles. The number of benzene rings is 3. The van der Waals surface area contributed by atoms with Crippen LogP contribution in [0.1, 0.15) is 25.0 Å². The molecule has 1 atom stereocenters. The first kappa shape index (κ1) is 31.9. The molecule has 0 fully saturated rings. The third-order valence-corrected chi connectivity index (χ3v) is 7.76. The Kier molecular flexibility index (Phi) is 11.1. The molecule has 0 aliphatic rings. The van der Waals surface area contributed by atoms with Crippen LogP contribution < -0.4 is 14.4 Å². The largest absolute Gasteiger partial charge is 0.495 e. The van der Waals surface area contributed by atoms with Gasteiger partial charge in [0.1, 0.15) is 24.2 Å². The average Bonchev–Trinajstić information content (AvgIpc) is 2.93. The van der Waals surface area contributed by atoms with Gasteiger partial charge in [-0.15, -0.1) is 0 Å². The van der Waals surface area contributed by atoms with Gasteiger partial charge in [-0.05, 0) is 47.4 Å². The summed E-state index contributed by atoms with van der Waals surface area (Å²) in [5, 5.41) is 3.08. The van der Waals surface area contributed by atoms with Crippen LogP contribution in [0.25, 0.3) is 0 Å². The number of hydrogen-bond acceptors (Lipinski definition) is 5. The van der Waals surface area contributed by atoms with Gasteiger partial charge in [0.25, 0.3) is 0 Å². The van der Waals surface area contributed by atoms with E-state index in [1.807, 2.05) is 44.2 Å². The van der Waals surface area contributed by atoms with Gasteiger partial charge in [-0.3, -0.25) is 13.9 Å². The van der Waals surface area contributed by atoms with E-state index in [2.05, 4.69) is 5.32 Å². The molecule has 0 heterocycles. The van der Waals surface area contributed by atoms with Gasteiger partial charge in [-0.2, -0.15) is 0 Å². The van der Waals surface area contributed by atoms with Crippen LogP contribution in [0, 0.1) is 11.7 Å². The lowest BCUT2D eigenvalue weighted by molar-refractivity contribution is -0.140. The molecule has 0 radical (unpaired) electrons. The number of ether oxygens (including phenoxy) is 1. The third kappa shape index (κ3) is 9.19. The molecule has 2 amide bonds. The minimum absolute atomic E-state index is 0.0489. The predicted molar refractivity (Wildman–Crippen MR) is 159 cm³/mol. The summed E-state index contributed by atoms with van der Waals surface area (Å²) in [7, 11) is -2.52.